The maximum Gasteiger partial charge on any atom is 0.302 e. The molecule has 16 rings (SSSR count). The number of amides is 2. The number of rotatable bonds is 28. The Labute approximate surface area is 725 Å². The van der Waals surface area contributed by atoms with E-state index in [9.17, 15) is 19.6 Å². The summed E-state index contributed by atoms with van der Waals surface area (Å²) in [7, 11) is 0. The van der Waals surface area contributed by atoms with Crippen molar-refractivity contribution in [1.82, 2.24) is 43.1 Å². The third kappa shape index (κ3) is 23.9. The molecule has 1 unspecified atom stereocenters. The molecule has 9 aromatic rings. The van der Waals surface area contributed by atoms with Gasteiger partial charge in [0, 0.05) is 246 Å². The topological polar surface area (TPSA) is 166 Å². The summed E-state index contributed by atoms with van der Waals surface area (Å²) in [6.45, 7) is 36.7. The number of carbonyl (C=O) groups is 3. The summed E-state index contributed by atoms with van der Waals surface area (Å²) in [6.07, 6.45) is 10.5. The molecule has 0 radical (unpaired) electrons. The highest BCUT2D eigenvalue weighted by molar-refractivity contribution is 6.33. The van der Waals surface area contributed by atoms with Crippen molar-refractivity contribution in [2.75, 3.05) is 220 Å². The Morgan fingerprint density at radius 1 is 0.438 bits per heavy atom. The number of carbonyl (C=O) groups excluding carboxylic acids is 3. The first-order valence-corrected chi connectivity index (χ1v) is 44.4. The van der Waals surface area contributed by atoms with E-state index in [1.807, 2.05) is 83.5 Å². The number of hydrogen-bond acceptors (Lipinski definition) is 18. The van der Waals surface area contributed by atoms with Gasteiger partial charge in [-0.05, 0) is 140 Å². The molecule has 7 saturated heterocycles. The summed E-state index contributed by atoms with van der Waals surface area (Å²) in [5, 5.41) is 11.1. The summed E-state index contributed by atoms with van der Waals surface area (Å²) >= 11 is 12.9. The maximum absolute atomic E-state index is 13.9. The van der Waals surface area contributed by atoms with Gasteiger partial charge in [0.25, 0.3) is 11.8 Å². The van der Waals surface area contributed by atoms with Gasteiger partial charge >= 0.3 is 5.97 Å². The zero-order valence-electron chi connectivity index (χ0n) is 70.7. The van der Waals surface area contributed by atoms with Crippen LogP contribution in [-0.4, -0.2) is 257 Å². The van der Waals surface area contributed by atoms with Crippen molar-refractivity contribution in [2.24, 2.45) is 0 Å². The van der Waals surface area contributed by atoms with E-state index >= 15 is 0 Å². The molecule has 1 atom stereocenters. The molecule has 0 saturated carbocycles. The lowest BCUT2D eigenvalue weighted by atomic mass is 10.1. The van der Waals surface area contributed by atoms with Crippen LogP contribution in [0.4, 0.5) is 34.1 Å². The fourth-order valence-corrected chi connectivity index (χ4v) is 18.0. The number of ether oxygens (including phenoxy) is 4. The Bertz CT molecular complexity index is 4790. The van der Waals surface area contributed by atoms with Gasteiger partial charge in [-0.15, -0.1) is 0 Å². The van der Waals surface area contributed by atoms with E-state index in [1.165, 1.54) is 40.7 Å². The Morgan fingerprint density at radius 3 is 1.26 bits per heavy atom. The number of para-hydroxylation sites is 6. The molecule has 7 fully saturated rings. The number of piperazine rings is 6. The number of nitrogens with zero attached hydrogens (tertiary/aromatic N) is 16. The van der Waals surface area contributed by atoms with Gasteiger partial charge in [-0.25, -0.2) is 0 Å². The van der Waals surface area contributed by atoms with Crippen molar-refractivity contribution in [3.05, 3.63) is 257 Å². The van der Waals surface area contributed by atoms with Crippen molar-refractivity contribution in [3.8, 4) is 6.07 Å². The number of aromatic nitrogens is 3. The minimum atomic E-state index is -0.254. The fourth-order valence-electron chi connectivity index (χ4n) is 17.5. The number of halogens is 2. The third-order valence-electron chi connectivity index (χ3n) is 24.1. The first-order chi connectivity index (χ1) is 59.3. The Balaban J connectivity index is 0.000000149. The van der Waals surface area contributed by atoms with Gasteiger partial charge in [0.2, 0.25) is 0 Å². The third-order valence-corrected chi connectivity index (χ3v) is 24.8. The second kappa shape index (κ2) is 44.0. The lowest BCUT2D eigenvalue weighted by Crippen LogP contribution is -2.49. The Hall–Kier alpha value is -10.3. The predicted octanol–water partition coefficient (Wildman–Crippen LogP) is 13.9. The molecule has 6 aromatic carbocycles. The first-order valence-electron chi connectivity index (χ1n) is 43.6. The lowest BCUT2D eigenvalue weighted by molar-refractivity contribution is -0.163. The predicted molar refractivity (Wildman–Crippen MR) is 485 cm³/mol. The highest BCUT2D eigenvalue weighted by Gasteiger charge is 2.31. The van der Waals surface area contributed by atoms with Crippen molar-refractivity contribution < 1.29 is 33.3 Å². The van der Waals surface area contributed by atoms with E-state index < -0.39 is 0 Å². The zero-order valence-corrected chi connectivity index (χ0v) is 72.2. The summed E-state index contributed by atoms with van der Waals surface area (Å²) in [4.78, 5) is 66.9. The van der Waals surface area contributed by atoms with E-state index in [1.54, 1.807) is 0 Å². The van der Waals surface area contributed by atoms with Crippen LogP contribution < -0.4 is 29.4 Å². The fraction of sp³-hybridized carbons (Fsp3) is 0.438. The van der Waals surface area contributed by atoms with E-state index in [2.05, 4.69) is 209 Å². The minimum Gasteiger partial charge on any atom is -0.464 e. The lowest BCUT2D eigenvalue weighted by Gasteiger charge is -2.38. The average Bonchev–Trinajstić information content (AvgIpc) is 1.70. The largest absolute Gasteiger partial charge is 0.464 e. The standard InChI is InChI=1S/C34H44ClN5O3.C31H38ClN5O2.C31H38N6O2/c35-30-11-4-5-12-31(30)38-17-15-36(16-18-38)26-28-25-32(40(27-28)14-8-24-43-33-13-6-7-23-42-33)34(41)39-21-19-37(20-22-39)29-9-2-1-3-10-29;1-25(34-16-18-35(19-17-34)28-8-4-3-5-9-28)31-22-27(24-37(31)20-21-39-26(2)38)23-33-12-14-36(15-13-33)30-11-7-6-10-29(30)32;1-2-39-21-20-37-25-26(24-33-12-14-34(15-13-33)28-9-4-3-5-10-28)22-30(37)31(38)36-18-16-35(17-19-36)29-11-7-6-8-27(29)23-32/h1-5,9-12,25,27,33H,6-8,13-24,26H2;3-11,22,24H,1,12-21,23H2,2H3;3-11,22,25H,2,12-21,24H2,1H3. The molecule has 3 aromatic heterocycles. The second-order valence-electron chi connectivity index (χ2n) is 32.1. The number of anilines is 6. The van der Waals surface area contributed by atoms with Gasteiger partial charge in [-0.1, -0.05) is 121 Å². The van der Waals surface area contributed by atoms with E-state index in [0.717, 1.165) is 239 Å². The van der Waals surface area contributed by atoms with Gasteiger partial charge in [0.1, 0.15) is 24.1 Å². The smallest absolute Gasteiger partial charge is 0.302 e. The van der Waals surface area contributed by atoms with Crippen LogP contribution in [0.1, 0.15) is 88.5 Å². The molecule has 0 N–H and O–H groups in total. The molecule has 7 aliphatic rings. The van der Waals surface area contributed by atoms with Crippen LogP contribution in [0.3, 0.4) is 0 Å². The van der Waals surface area contributed by atoms with Crippen LogP contribution in [0.25, 0.3) is 5.70 Å². The molecule has 0 bridgehead atoms. The number of hydrogen-bond donors (Lipinski definition) is 0. The molecule has 2 amide bonds. The number of benzene rings is 6. The molecule has 23 nitrogen and oxygen atoms in total. The molecule has 121 heavy (non-hydrogen) atoms. The van der Waals surface area contributed by atoms with Crippen LogP contribution >= 0.6 is 23.2 Å². The number of aryl methyl sites for hydroxylation is 1. The van der Waals surface area contributed by atoms with Crippen molar-refractivity contribution in [2.45, 2.75) is 85.1 Å². The van der Waals surface area contributed by atoms with Crippen molar-refractivity contribution in [3.63, 3.8) is 0 Å². The Morgan fingerprint density at radius 2 is 0.818 bits per heavy atom. The van der Waals surface area contributed by atoms with Gasteiger partial charge in [-0.2, -0.15) is 5.26 Å². The van der Waals surface area contributed by atoms with Gasteiger partial charge in [-0.3, -0.25) is 29.1 Å². The summed E-state index contributed by atoms with van der Waals surface area (Å²) in [5.41, 5.74) is 14.9. The zero-order chi connectivity index (χ0) is 83.7. The molecule has 25 heteroatoms. The minimum absolute atomic E-state index is 0.0693. The molecule has 10 heterocycles. The maximum atomic E-state index is 13.9. The number of nitriles is 1. The van der Waals surface area contributed by atoms with E-state index in [0.29, 0.717) is 71.3 Å². The van der Waals surface area contributed by atoms with Crippen LogP contribution in [0, 0.1) is 11.3 Å². The van der Waals surface area contributed by atoms with E-state index in [4.69, 9.17) is 42.1 Å². The van der Waals surface area contributed by atoms with Crippen molar-refractivity contribution >= 4 is 80.8 Å². The quantitative estimate of drug-likeness (QED) is 0.0335. The van der Waals surface area contributed by atoms with Crippen LogP contribution in [-0.2, 0) is 63.0 Å². The Kier molecular flexibility index (Phi) is 31.7. The molecular weight excluding hydrogens is 1560 g/mol. The molecule has 0 aliphatic carbocycles. The first kappa shape index (κ1) is 87.1. The van der Waals surface area contributed by atoms with Crippen molar-refractivity contribution in [1.29, 1.82) is 5.26 Å². The summed E-state index contributed by atoms with van der Waals surface area (Å²) < 4.78 is 29.1. The number of esters is 1. The molecular formula is C96H120Cl2N16O7. The molecule has 0 spiro atoms. The molecule has 640 valence electrons. The highest BCUT2D eigenvalue weighted by Crippen LogP contribution is 2.32. The van der Waals surface area contributed by atoms with Crippen LogP contribution in [0.5, 0.6) is 0 Å². The van der Waals surface area contributed by atoms with E-state index in [-0.39, 0.29) is 24.1 Å². The normalized spacial score (nSPS) is 17.7. The SMILES string of the molecule is C=C(c1cc(CN2CCN(c3ccccc3Cl)CC2)cn1CCOC(C)=O)N1CCN(c2ccccc2)CC1.CCOCCn1cc(CN2CCN(c3ccccc3)CC2)cc1C(=O)N1CCN(c2ccccc2C#N)CC1.O=C(c1cc(CN2CCN(c3ccccc3Cl)CC2)cn1CCCOC1CCCCO1)N1CCN(c2ccccc2)CC1. The summed E-state index contributed by atoms with van der Waals surface area (Å²) in [5.74, 6) is -0.0601. The second-order valence-corrected chi connectivity index (χ2v) is 33.0. The summed E-state index contributed by atoms with van der Waals surface area (Å²) in [6, 6.07) is 64.2. The van der Waals surface area contributed by atoms with Gasteiger partial charge in [0.05, 0.1) is 63.8 Å². The van der Waals surface area contributed by atoms with Crippen LogP contribution in [0.2, 0.25) is 10.0 Å². The van der Waals surface area contributed by atoms with Gasteiger partial charge in [0.15, 0.2) is 6.29 Å². The molecule has 7 aliphatic heterocycles. The average molecular weight is 1680 g/mol. The van der Waals surface area contributed by atoms with Crippen LogP contribution in [0.15, 0.2) is 207 Å². The monoisotopic (exact) mass is 1680 g/mol. The highest BCUT2D eigenvalue weighted by atomic mass is 35.5. The van der Waals surface area contributed by atoms with Gasteiger partial charge < -0.3 is 76.7 Å².